The number of hydrogen-bond acceptors (Lipinski definition) is 7. The molecule has 12 N–H and O–H groups in total. The minimum atomic E-state index is -1.22. The number of hydrogen-bond donors (Lipinski definition) is 8. The van der Waals surface area contributed by atoms with Crippen molar-refractivity contribution in [1.29, 1.82) is 0 Å². The van der Waals surface area contributed by atoms with Crippen LogP contribution in [0, 0.1) is 0 Å². The Hall–Kier alpha value is -2.93. The van der Waals surface area contributed by atoms with E-state index in [1.54, 1.807) is 0 Å². The molecule has 0 spiro atoms. The number of rotatable bonds is 15. The number of carbonyl (C=O) groups is 4. The molecule has 0 saturated carbocycles. The zero-order valence-corrected chi connectivity index (χ0v) is 16.4. The van der Waals surface area contributed by atoms with Crippen LogP contribution in [-0.2, 0) is 19.2 Å². The Morgan fingerprint density at radius 1 is 0.897 bits per heavy atom. The van der Waals surface area contributed by atoms with Crippen LogP contribution < -0.4 is 38.9 Å². The summed E-state index contributed by atoms with van der Waals surface area (Å²) in [7, 11) is 0. The van der Waals surface area contributed by atoms with Crippen LogP contribution in [0.3, 0.4) is 0 Å². The van der Waals surface area contributed by atoms with Gasteiger partial charge in [-0.05, 0) is 38.6 Å². The zero-order valence-electron chi connectivity index (χ0n) is 16.4. The fraction of sp³-hybridized carbons (Fsp3) is 0.688. The second kappa shape index (κ2) is 15.0. The van der Waals surface area contributed by atoms with Crippen LogP contribution in [0.5, 0.6) is 0 Å². The van der Waals surface area contributed by atoms with Gasteiger partial charge >= 0.3 is 5.97 Å². The first kappa shape index (κ1) is 26.1. The number of guanidine groups is 1. The molecular weight excluding hydrogens is 384 g/mol. The Morgan fingerprint density at radius 3 is 2.07 bits per heavy atom. The van der Waals surface area contributed by atoms with Crippen LogP contribution >= 0.6 is 0 Å². The molecule has 0 bridgehead atoms. The van der Waals surface area contributed by atoms with Gasteiger partial charge in [-0.25, -0.2) is 4.79 Å². The molecule has 0 aliphatic heterocycles. The molecule has 13 heteroatoms. The molecule has 2 atom stereocenters. The minimum Gasteiger partial charge on any atom is -0.480 e. The maximum atomic E-state index is 12.3. The quantitative estimate of drug-likeness (QED) is 0.0742. The Kier molecular flexibility index (Phi) is 13.5. The summed E-state index contributed by atoms with van der Waals surface area (Å²) in [6, 6.07) is -2.01. The van der Waals surface area contributed by atoms with Gasteiger partial charge < -0.3 is 44.0 Å². The molecule has 0 aromatic heterocycles. The summed E-state index contributed by atoms with van der Waals surface area (Å²) >= 11 is 0. The highest BCUT2D eigenvalue weighted by Gasteiger charge is 2.22. The molecule has 0 aromatic carbocycles. The predicted octanol–water partition coefficient (Wildman–Crippen LogP) is -3.70. The molecule has 0 radical (unpaired) electrons. The average Bonchev–Trinajstić information content (AvgIpc) is 2.67. The van der Waals surface area contributed by atoms with Gasteiger partial charge in [0.2, 0.25) is 17.7 Å². The van der Waals surface area contributed by atoms with E-state index in [1.165, 1.54) is 0 Å². The minimum absolute atomic E-state index is 0.105. The summed E-state index contributed by atoms with van der Waals surface area (Å²) in [5, 5.41) is 16.4. The first-order valence-electron chi connectivity index (χ1n) is 9.26. The Labute approximate surface area is 169 Å². The summed E-state index contributed by atoms with van der Waals surface area (Å²) in [6.07, 6.45) is 2.06. The average molecular weight is 416 g/mol. The lowest BCUT2D eigenvalue weighted by Crippen LogP contribution is -2.51. The molecule has 0 rings (SSSR count). The maximum Gasteiger partial charge on any atom is 0.326 e. The van der Waals surface area contributed by atoms with Crippen molar-refractivity contribution in [2.45, 2.75) is 44.2 Å². The van der Waals surface area contributed by atoms with Crippen LogP contribution in [0.2, 0.25) is 0 Å². The second-order valence-corrected chi connectivity index (χ2v) is 6.23. The Morgan fingerprint density at radius 2 is 1.52 bits per heavy atom. The highest BCUT2D eigenvalue weighted by molar-refractivity contribution is 5.91. The van der Waals surface area contributed by atoms with Crippen molar-refractivity contribution in [3.05, 3.63) is 0 Å². The zero-order chi connectivity index (χ0) is 22.2. The number of unbranched alkanes of at least 4 members (excludes halogenated alkanes) is 1. The van der Waals surface area contributed by atoms with Gasteiger partial charge in [-0.3, -0.25) is 19.4 Å². The van der Waals surface area contributed by atoms with Gasteiger partial charge in [-0.2, -0.15) is 0 Å². The van der Waals surface area contributed by atoms with E-state index in [9.17, 15) is 24.3 Å². The van der Waals surface area contributed by atoms with Crippen molar-refractivity contribution in [1.82, 2.24) is 16.0 Å². The summed E-state index contributed by atoms with van der Waals surface area (Å²) in [5.41, 5.74) is 21.0. The van der Waals surface area contributed by atoms with E-state index in [-0.39, 0.29) is 25.5 Å². The lowest BCUT2D eigenvalue weighted by molar-refractivity contribution is -0.142. The van der Waals surface area contributed by atoms with Crippen molar-refractivity contribution in [2.24, 2.45) is 27.9 Å². The molecule has 0 saturated heterocycles. The van der Waals surface area contributed by atoms with Crippen molar-refractivity contribution in [3.8, 4) is 0 Å². The van der Waals surface area contributed by atoms with E-state index in [0.29, 0.717) is 32.2 Å². The van der Waals surface area contributed by atoms with Gasteiger partial charge in [0.05, 0.1) is 13.1 Å². The number of aliphatic carboxylic acids is 1. The van der Waals surface area contributed by atoms with E-state index in [2.05, 4.69) is 20.9 Å². The summed E-state index contributed by atoms with van der Waals surface area (Å²) < 4.78 is 0. The molecule has 0 aliphatic rings. The topological polar surface area (TPSA) is 241 Å². The van der Waals surface area contributed by atoms with Gasteiger partial charge in [0.25, 0.3) is 0 Å². The van der Waals surface area contributed by atoms with Crippen LogP contribution in [0.25, 0.3) is 0 Å². The van der Waals surface area contributed by atoms with Gasteiger partial charge in [0.1, 0.15) is 12.1 Å². The summed E-state index contributed by atoms with van der Waals surface area (Å²) in [4.78, 5) is 50.7. The monoisotopic (exact) mass is 416 g/mol. The van der Waals surface area contributed by atoms with Crippen LogP contribution in [0.1, 0.15) is 32.1 Å². The largest absolute Gasteiger partial charge is 0.480 e. The molecule has 0 aliphatic carbocycles. The number of carbonyl (C=O) groups excluding carboxylic acids is 3. The third-order valence-electron chi connectivity index (χ3n) is 3.79. The third-order valence-corrected chi connectivity index (χ3v) is 3.79. The molecule has 0 fully saturated rings. The molecule has 2 unspecified atom stereocenters. The Balaban J connectivity index is 4.58. The highest BCUT2D eigenvalue weighted by Crippen LogP contribution is 2.01. The first-order chi connectivity index (χ1) is 13.7. The fourth-order valence-corrected chi connectivity index (χ4v) is 2.31. The van der Waals surface area contributed by atoms with Crippen molar-refractivity contribution in [2.75, 3.05) is 26.2 Å². The number of carboxylic acid groups (broad SMARTS) is 1. The van der Waals surface area contributed by atoms with E-state index in [1.807, 2.05) is 0 Å². The van der Waals surface area contributed by atoms with Crippen molar-refractivity contribution in [3.63, 3.8) is 0 Å². The standard InChI is InChI=1S/C16H32N8O5/c17-6-2-1-4-10(23-12(25)8-18)14(27)22-9-13(26)24-11(15(28)29)5-3-7-21-16(19)20/h10-11H,1-9,17-18H2,(H,22,27)(H,23,25)(H,24,26)(H,28,29)(H4,19,20,21). The van der Waals surface area contributed by atoms with Crippen LogP contribution in [0.4, 0.5) is 0 Å². The number of nitrogens with one attached hydrogen (secondary N) is 3. The van der Waals surface area contributed by atoms with E-state index >= 15 is 0 Å². The summed E-state index contributed by atoms with van der Waals surface area (Å²) in [6.45, 7) is -0.0465. The normalized spacial score (nSPS) is 12.3. The molecule has 13 nitrogen and oxygen atoms in total. The van der Waals surface area contributed by atoms with E-state index in [0.717, 1.165) is 0 Å². The number of carboxylic acids is 1. The molecule has 0 aromatic rings. The van der Waals surface area contributed by atoms with Gasteiger partial charge in [-0.1, -0.05) is 0 Å². The van der Waals surface area contributed by atoms with Gasteiger partial charge in [-0.15, -0.1) is 0 Å². The first-order valence-corrected chi connectivity index (χ1v) is 9.26. The van der Waals surface area contributed by atoms with Gasteiger partial charge in [0, 0.05) is 6.54 Å². The lowest BCUT2D eigenvalue weighted by atomic mass is 10.1. The molecule has 3 amide bonds. The smallest absolute Gasteiger partial charge is 0.326 e. The van der Waals surface area contributed by atoms with Gasteiger partial charge in [0.15, 0.2) is 5.96 Å². The Bertz CT molecular complexity index is 580. The van der Waals surface area contributed by atoms with Crippen LogP contribution in [0.15, 0.2) is 4.99 Å². The summed E-state index contributed by atoms with van der Waals surface area (Å²) in [5.74, 6) is -3.08. The lowest BCUT2D eigenvalue weighted by Gasteiger charge is -2.19. The molecular formula is C16H32N8O5. The molecule has 29 heavy (non-hydrogen) atoms. The number of nitrogens with zero attached hydrogens (tertiary/aromatic N) is 1. The third kappa shape index (κ3) is 13.0. The highest BCUT2D eigenvalue weighted by atomic mass is 16.4. The molecule has 0 heterocycles. The SMILES string of the molecule is NCCCCC(NC(=O)CN)C(=O)NCC(=O)NC(CCCN=C(N)N)C(=O)O. The fourth-order valence-electron chi connectivity index (χ4n) is 2.31. The molecule has 166 valence electrons. The van der Waals surface area contributed by atoms with Crippen molar-refractivity contribution < 1.29 is 24.3 Å². The number of amides is 3. The van der Waals surface area contributed by atoms with Crippen molar-refractivity contribution >= 4 is 29.7 Å². The number of aliphatic imine (C=N–C) groups is 1. The number of nitrogens with two attached hydrogens (primary N) is 4. The maximum absolute atomic E-state index is 12.3. The second-order valence-electron chi connectivity index (χ2n) is 6.23. The van der Waals surface area contributed by atoms with E-state index in [4.69, 9.17) is 22.9 Å². The predicted molar refractivity (Wildman–Crippen MR) is 106 cm³/mol. The van der Waals surface area contributed by atoms with Crippen LogP contribution in [-0.4, -0.2) is 73.0 Å². The van der Waals surface area contributed by atoms with E-state index < -0.39 is 42.3 Å².